The first kappa shape index (κ1) is 15.9. The van der Waals surface area contributed by atoms with Crippen LogP contribution >= 0.6 is 0 Å². The number of amides is 1. The Bertz CT molecular complexity index is 886. The predicted molar refractivity (Wildman–Crippen MR) is 94.4 cm³/mol. The van der Waals surface area contributed by atoms with Crippen molar-refractivity contribution >= 4 is 28.3 Å². The van der Waals surface area contributed by atoms with E-state index in [1.54, 1.807) is 19.2 Å². The minimum atomic E-state index is -0.213. The maximum atomic E-state index is 12.2. The topological polar surface area (TPSA) is 79.8 Å². The van der Waals surface area contributed by atoms with E-state index in [4.69, 9.17) is 0 Å². The number of pyridine rings is 1. The Morgan fingerprint density at radius 2 is 1.92 bits per heavy atom. The quantitative estimate of drug-likeness (QED) is 0.771. The van der Waals surface area contributed by atoms with Gasteiger partial charge in [-0.2, -0.15) is 0 Å². The zero-order valence-corrected chi connectivity index (χ0v) is 13.9. The molecular weight excluding hydrogens is 302 g/mol. The smallest absolute Gasteiger partial charge is 0.270 e. The van der Waals surface area contributed by atoms with Crippen LogP contribution in [0.3, 0.4) is 0 Å². The van der Waals surface area contributed by atoms with Crippen molar-refractivity contribution in [2.45, 2.75) is 26.8 Å². The molecule has 3 rings (SSSR count). The standard InChI is InChI=1S/C18H19N5O/c1-11(2)20-18(24)15-10-16(22-12(3)21-15)23-14-8-4-6-13-7-5-9-19-17(13)14/h4-11H,1-3H3,(H,20,24)(H,21,22,23). The summed E-state index contributed by atoms with van der Waals surface area (Å²) >= 11 is 0. The third kappa shape index (κ3) is 3.48. The molecule has 2 aromatic heterocycles. The van der Waals surface area contributed by atoms with Gasteiger partial charge in [0, 0.05) is 23.7 Å². The monoisotopic (exact) mass is 321 g/mol. The van der Waals surface area contributed by atoms with Gasteiger partial charge in [0.15, 0.2) is 0 Å². The highest BCUT2D eigenvalue weighted by molar-refractivity contribution is 5.94. The number of aryl methyl sites for hydroxylation is 1. The van der Waals surface area contributed by atoms with Gasteiger partial charge in [0.2, 0.25) is 0 Å². The number of para-hydroxylation sites is 1. The summed E-state index contributed by atoms with van der Waals surface area (Å²) in [6, 6.07) is 11.5. The second-order valence-corrected chi connectivity index (χ2v) is 5.82. The normalized spacial score (nSPS) is 10.8. The predicted octanol–water partition coefficient (Wildman–Crippen LogP) is 3.22. The van der Waals surface area contributed by atoms with Gasteiger partial charge >= 0.3 is 0 Å². The molecule has 0 aliphatic carbocycles. The largest absolute Gasteiger partial charge is 0.349 e. The number of fused-ring (bicyclic) bond motifs is 1. The molecule has 6 heteroatoms. The highest BCUT2D eigenvalue weighted by Crippen LogP contribution is 2.24. The van der Waals surface area contributed by atoms with Crippen molar-refractivity contribution in [2.75, 3.05) is 5.32 Å². The molecule has 0 saturated heterocycles. The fraction of sp³-hybridized carbons (Fsp3) is 0.222. The number of hydrogen-bond donors (Lipinski definition) is 2. The fourth-order valence-electron chi connectivity index (χ4n) is 2.43. The van der Waals surface area contributed by atoms with E-state index in [1.165, 1.54) is 0 Å². The van der Waals surface area contributed by atoms with Crippen LogP contribution in [0.4, 0.5) is 11.5 Å². The van der Waals surface area contributed by atoms with Crippen molar-refractivity contribution < 1.29 is 4.79 Å². The van der Waals surface area contributed by atoms with E-state index in [0.29, 0.717) is 17.3 Å². The fourth-order valence-corrected chi connectivity index (χ4v) is 2.43. The van der Waals surface area contributed by atoms with Crippen molar-refractivity contribution in [3.05, 3.63) is 54.1 Å². The van der Waals surface area contributed by atoms with Crippen LogP contribution in [0.15, 0.2) is 42.6 Å². The Morgan fingerprint density at radius 3 is 2.71 bits per heavy atom. The van der Waals surface area contributed by atoms with E-state index in [9.17, 15) is 4.79 Å². The zero-order chi connectivity index (χ0) is 17.1. The Morgan fingerprint density at radius 1 is 1.12 bits per heavy atom. The van der Waals surface area contributed by atoms with E-state index in [0.717, 1.165) is 16.6 Å². The summed E-state index contributed by atoms with van der Waals surface area (Å²) < 4.78 is 0. The molecule has 1 amide bonds. The molecule has 6 nitrogen and oxygen atoms in total. The Labute approximate surface area is 140 Å². The maximum absolute atomic E-state index is 12.2. The minimum absolute atomic E-state index is 0.0476. The number of anilines is 2. The van der Waals surface area contributed by atoms with Crippen molar-refractivity contribution in [3.63, 3.8) is 0 Å². The molecule has 0 radical (unpaired) electrons. The van der Waals surface area contributed by atoms with Crippen molar-refractivity contribution in [2.24, 2.45) is 0 Å². The lowest BCUT2D eigenvalue weighted by Gasteiger charge is -2.11. The van der Waals surface area contributed by atoms with Crippen LogP contribution in [0.1, 0.15) is 30.2 Å². The summed E-state index contributed by atoms with van der Waals surface area (Å²) in [6.45, 7) is 5.58. The van der Waals surface area contributed by atoms with E-state index in [1.807, 2.05) is 44.2 Å². The highest BCUT2D eigenvalue weighted by atomic mass is 16.1. The average Bonchev–Trinajstić information content (AvgIpc) is 2.54. The number of rotatable bonds is 4. The molecule has 0 aliphatic rings. The van der Waals surface area contributed by atoms with Gasteiger partial charge < -0.3 is 10.6 Å². The van der Waals surface area contributed by atoms with E-state index in [2.05, 4.69) is 25.6 Å². The lowest BCUT2D eigenvalue weighted by Crippen LogP contribution is -2.31. The first-order valence-corrected chi connectivity index (χ1v) is 7.80. The molecule has 0 aliphatic heterocycles. The Hall–Kier alpha value is -3.02. The van der Waals surface area contributed by atoms with Crippen LogP contribution in [0.2, 0.25) is 0 Å². The van der Waals surface area contributed by atoms with Gasteiger partial charge in [-0.3, -0.25) is 9.78 Å². The molecule has 0 spiro atoms. The number of carbonyl (C=O) groups excluding carboxylic acids is 1. The molecule has 122 valence electrons. The van der Waals surface area contributed by atoms with Gasteiger partial charge in [-0.1, -0.05) is 18.2 Å². The van der Waals surface area contributed by atoms with Crippen LogP contribution in [0.25, 0.3) is 10.9 Å². The average molecular weight is 321 g/mol. The van der Waals surface area contributed by atoms with Crippen LogP contribution in [-0.2, 0) is 0 Å². The molecule has 0 unspecified atom stereocenters. The molecule has 2 N–H and O–H groups in total. The van der Waals surface area contributed by atoms with Crippen LogP contribution in [0.5, 0.6) is 0 Å². The summed E-state index contributed by atoms with van der Waals surface area (Å²) in [6.07, 6.45) is 1.75. The molecule has 0 atom stereocenters. The number of hydrogen-bond acceptors (Lipinski definition) is 5. The number of aromatic nitrogens is 3. The van der Waals surface area contributed by atoms with Gasteiger partial charge in [-0.05, 0) is 32.9 Å². The molecule has 2 heterocycles. The third-order valence-corrected chi connectivity index (χ3v) is 3.39. The van der Waals surface area contributed by atoms with Gasteiger partial charge in [0.05, 0.1) is 11.2 Å². The van der Waals surface area contributed by atoms with Gasteiger partial charge in [0.25, 0.3) is 5.91 Å². The lowest BCUT2D eigenvalue weighted by atomic mass is 10.2. The summed E-state index contributed by atoms with van der Waals surface area (Å²) in [4.78, 5) is 25.2. The van der Waals surface area contributed by atoms with Crippen LogP contribution in [-0.4, -0.2) is 26.9 Å². The molecule has 3 aromatic rings. The molecule has 0 fully saturated rings. The second-order valence-electron chi connectivity index (χ2n) is 5.82. The summed E-state index contributed by atoms with van der Waals surface area (Å²) in [7, 11) is 0. The summed E-state index contributed by atoms with van der Waals surface area (Å²) in [5.41, 5.74) is 2.03. The lowest BCUT2D eigenvalue weighted by molar-refractivity contribution is 0.0937. The summed E-state index contributed by atoms with van der Waals surface area (Å²) in [5, 5.41) is 7.11. The second kappa shape index (κ2) is 6.62. The third-order valence-electron chi connectivity index (χ3n) is 3.39. The zero-order valence-electron chi connectivity index (χ0n) is 13.9. The number of carbonyl (C=O) groups is 1. The van der Waals surface area contributed by atoms with E-state index in [-0.39, 0.29) is 11.9 Å². The molecule has 0 saturated carbocycles. The van der Waals surface area contributed by atoms with Crippen LogP contribution < -0.4 is 10.6 Å². The molecule has 24 heavy (non-hydrogen) atoms. The van der Waals surface area contributed by atoms with Crippen molar-refractivity contribution in [1.29, 1.82) is 0 Å². The van der Waals surface area contributed by atoms with Gasteiger partial charge in [-0.15, -0.1) is 0 Å². The Kier molecular flexibility index (Phi) is 4.37. The first-order chi connectivity index (χ1) is 11.5. The van der Waals surface area contributed by atoms with E-state index < -0.39 is 0 Å². The first-order valence-electron chi connectivity index (χ1n) is 7.80. The van der Waals surface area contributed by atoms with Crippen molar-refractivity contribution in [3.8, 4) is 0 Å². The number of benzene rings is 1. The maximum Gasteiger partial charge on any atom is 0.270 e. The molecule has 0 bridgehead atoms. The van der Waals surface area contributed by atoms with Crippen molar-refractivity contribution in [1.82, 2.24) is 20.3 Å². The number of nitrogens with one attached hydrogen (secondary N) is 2. The van der Waals surface area contributed by atoms with E-state index >= 15 is 0 Å². The SMILES string of the molecule is Cc1nc(Nc2cccc3cccnc23)cc(C(=O)NC(C)C)n1. The Balaban J connectivity index is 1.95. The number of nitrogens with zero attached hydrogens (tertiary/aromatic N) is 3. The highest BCUT2D eigenvalue weighted by Gasteiger charge is 2.12. The van der Waals surface area contributed by atoms with Gasteiger partial charge in [0.1, 0.15) is 17.3 Å². The van der Waals surface area contributed by atoms with Gasteiger partial charge in [-0.25, -0.2) is 9.97 Å². The minimum Gasteiger partial charge on any atom is -0.349 e. The summed E-state index contributed by atoms with van der Waals surface area (Å²) in [5.74, 6) is 0.881. The molecular formula is C18H19N5O. The molecule has 1 aromatic carbocycles. The van der Waals surface area contributed by atoms with Crippen LogP contribution in [0, 0.1) is 6.92 Å².